The normalized spacial score (nSPS) is 13.6. The molecular formula is C18H31NO. The van der Waals surface area contributed by atoms with E-state index in [2.05, 4.69) is 71.1 Å². The highest BCUT2D eigenvalue weighted by Gasteiger charge is 2.18. The van der Waals surface area contributed by atoms with Gasteiger partial charge < -0.3 is 10.1 Å². The summed E-state index contributed by atoms with van der Waals surface area (Å²) in [5.41, 5.74) is 1.61. The first-order valence-electron chi connectivity index (χ1n) is 7.89. The lowest BCUT2D eigenvalue weighted by molar-refractivity contribution is 0.190. The molecule has 0 aliphatic heterocycles. The van der Waals surface area contributed by atoms with Crippen LogP contribution >= 0.6 is 0 Å². The Morgan fingerprint density at radius 3 is 2.15 bits per heavy atom. The number of benzene rings is 1. The van der Waals surface area contributed by atoms with Gasteiger partial charge >= 0.3 is 0 Å². The number of hydrogen-bond acceptors (Lipinski definition) is 2. The fraction of sp³-hybridized carbons (Fsp3) is 0.667. The molecule has 1 unspecified atom stereocenters. The van der Waals surface area contributed by atoms with Gasteiger partial charge in [-0.1, -0.05) is 53.7 Å². The van der Waals surface area contributed by atoms with E-state index in [-0.39, 0.29) is 11.5 Å². The van der Waals surface area contributed by atoms with Crippen LogP contribution in [0.15, 0.2) is 24.3 Å². The highest BCUT2D eigenvalue weighted by atomic mass is 16.5. The molecule has 1 atom stereocenters. The van der Waals surface area contributed by atoms with Crippen LogP contribution in [0.3, 0.4) is 0 Å². The topological polar surface area (TPSA) is 21.3 Å². The fourth-order valence-electron chi connectivity index (χ4n) is 2.02. The van der Waals surface area contributed by atoms with Crippen LogP contribution in [0.5, 0.6) is 5.75 Å². The van der Waals surface area contributed by atoms with E-state index in [0.717, 1.165) is 25.1 Å². The zero-order valence-corrected chi connectivity index (χ0v) is 14.0. The lowest BCUT2D eigenvalue weighted by Crippen LogP contribution is -2.34. The van der Waals surface area contributed by atoms with Crippen LogP contribution in [0, 0.1) is 0 Å². The van der Waals surface area contributed by atoms with Crippen molar-refractivity contribution in [2.45, 2.75) is 71.9 Å². The zero-order chi connectivity index (χ0) is 15.2. The number of rotatable bonds is 8. The van der Waals surface area contributed by atoms with Crippen LogP contribution in [0.4, 0.5) is 0 Å². The summed E-state index contributed by atoms with van der Waals surface area (Å²) < 4.78 is 6.05. The molecule has 1 N–H and O–H groups in total. The smallest absolute Gasteiger partial charge is 0.119 e. The Morgan fingerprint density at radius 2 is 1.70 bits per heavy atom. The van der Waals surface area contributed by atoms with E-state index in [1.54, 1.807) is 0 Å². The second-order valence-corrected chi connectivity index (χ2v) is 6.47. The zero-order valence-electron chi connectivity index (χ0n) is 14.0. The van der Waals surface area contributed by atoms with Gasteiger partial charge in [0.15, 0.2) is 0 Å². The molecule has 2 heteroatoms. The van der Waals surface area contributed by atoms with E-state index in [4.69, 9.17) is 4.74 Å². The number of ether oxygens (including phenoxy) is 1. The summed E-state index contributed by atoms with van der Waals surface area (Å²) in [7, 11) is 0. The minimum absolute atomic E-state index is 0.238. The highest BCUT2D eigenvalue weighted by Crippen LogP contribution is 2.28. The van der Waals surface area contributed by atoms with E-state index in [0.29, 0.717) is 6.04 Å². The van der Waals surface area contributed by atoms with Crippen LogP contribution in [0.25, 0.3) is 0 Å². The summed E-state index contributed by atoms with van der Waals surface area (Å²) >= 11 is 0. The van der Waals surface area contributed by atoms with Crippen molar-refractivity contribution in [2.24, 2.45) is 0 Å². The van der Waals surface area contributed by atoms with Gasteiger partial charge in [0.25, 0.3) is 0 Å². The molecule has 0 radical (unpaired) electrons. The minimum atomic E-state index is 0.238. The summed E-state index contributed by atoms with van der Waals surface area (Å²) in [6.45, 7) is 14.2. The molecule has 0 amide bonds. The highest BCUT2D eigenvalue weighted by molar-refractivity contribution is 5.31. The minimum Gasteiger partial charge on any atom is -0.489 e. The Morgan fingerprint density at radius 1 is 1.10 bits per heavy atom. The monoisotopic (exact) mass is 277 g/mol. The fourth-order valence-corrected chi connectivity index (χ4v) is 2.02. The van der Waals surface area contributed by atoms with Crippen molar-refractivity contribution in [1.29, 1.82) is 0 Å². The predicted octanol–water partition coefficient (Wildman–Crippen LogP) is 4.53. The van der Waals surface area contributed by atoms with Gasteiger partial charge in [0.1, 0.15) is 11.9 Å². The molecule has 2 nitrogen and oxygen atoms in total. The van der Waals surface area contributed by atoms with Crippen LogP contribution < -0.4 is 10.1 Å². The summed E-state index contributed by atoms with van der Waals surface area (Å²) in [4.78, 5) is 0. The summed E-state index contributed by atoms with van der Waals surface area (Å²) in [6.07, 6.45) is 2.40. The van der Waals surface area contributed by atoms with Crippen molar-refractivity contribution in [3.8, 4) is 5.75 Å². The molecule has 20 heavy (non-hydrogen) atoms. The van der Waals surface area contributed by atoms with Gasteiger partial charge in [0.05, 0.1) is 0 Å². The lowest BCUT2D eigenvalue weighted by atomic mass is 9.82. The van der Waals surface area contributed by atoms with Crippen LogP contribution in [0.2, 0.25) is 0 Å². The summed E-state index contributed by atoms with van der Waals surface area (Å²) in [6, 6.07) is 9.10. The van der Waals surface area contributed by atoms with Crippen molar-refractivity contribution >= 4 is 0 Å². The molecule has 0 aromatic heterocycles. The van der Waals surface area contributed by atoms with Crippen LogP contribution in [-0.2, 0) is 5.41 Å². The van der Waals surface area contributed by atoms with E-state index in [1.807, 2.05) is 0 Å². The average Bonchev–Trinajstić information content (AvgIpc) is 2.43. The standard InChI is InChI=1S/C18H31NO/c1-7-16(13-19-14(3)4)20-17-11-9-15(10-12-17)18(5,6)8-2/h9-12,14,16,19H,7-8,13H2,1-6H3. The molecule has 0 fully saturated rings. The molecule has 0 aliphatic carbocycles. The van der Waals surface area contributed by atoms with Crippen LogP contribution in [0.1, 0.15) is 59.9 Å². The van der Waals surface area contributed by atoms with Crippen molar-refractivity contribution < 1.29 is 4.74 Å². The molecule has 1 aromatic rings. The summed E-state index contributed by atoms with van der Waals surface area (Å²) in [5, 5.41) is 3.44. The van der Waals surface area contributed by atoms with Gasteiger partial charge in [-0.15, -0.1) is 0 Å². The van der Waals surface area contributed by atoms with Gasteiger partial charge in [-0.25, -0.2) is 0 Å². The maximum Gasteiger partial charge on any atom is 0.119 e. The third kappa shape index (κ3) is 5.16. The lowest BCUT2D eigenvalue weighted by Gasteiger charge is -2.24. The predicted molar refractivity (Wildman–Crippen MR) is 87.6 cm³/mol. The van der Waals surface area contributed by atoms with E-state index < -0.39 is 0 Å². The number of hydrogen-bond donors (Lipinski definition) is 1. The SMILES string of the molecule is CCC(CNC(C)C)Oc1ccc(C(C)(C)CC)cc1. The molecule has 0 spiro atoms. The van der Waals surface area contributed by atoms with Crippen LogP contribution in [-0.4, -0.2) is 18.7 Å². The van der Waals surface area contributed by atoms with Gasteiger partial charge in [0, 0.05) is 12.6 Å². The maximum atomic E-state index is 6.05. The molecule has 0 bridgehead atoms. The molecule has 0 aliphatic rings. The first-order chi connectivity index (χ1) is 9.39. The van der Waals surface area contributed by atoms with E-state index in [9.17, 15) is 0 Å². The largest absolute Gasteiger partial charge is 0.489 e. The van der Waals surface area contributed by atoms with Crippen molar-refractivity contribution in [3.63, 3.8) is 0 Å². The van der Waals surface area contributed by atoms with E-state index in [1.165, 1.54) is 5.56 Å². The molecule has 0 saturated carbocycles. The molecule has 114 valence electrons. The third-order valence-electron chi connectivity index (χ3n) is 4.03. The second-order valence-electron chi connectivity index (χ2n) is 6.47. The Hall–Kier alpha value is -1.02. The average molecular weight is 277 g/mol. The Balaban J connectivity index is 2.64. The Bertz CT molecular complexity index is 381. The third-order valence-corrected chi connectivity index (χ3v) is 4.03. The molecular weight excluding hydrogens is 246 g/mol. The molecule has 0 saturated heterocycles. The van der Waals surface area contributed by atoms with Gasteiger partial charge in [-0.3, -0.25) is 0 Å². The first-order valence-corrected chi connectivity index (χ1v) is 7.89. The summed E-state index contributed by atoms with van der Waals surface area (Å²) in [5.74, 6) is 0.970. The van der Waals surface area contributed by atoms with Crippen molar-refractivity contribution in [2.75, 3.05) is 6.54 Å². The molecule has 0 heterocycles. The Labute approximate surface area is 124 Å². The molecule has 1 rings (SSSR count). The van der Waals surface area contributed by atoms with Gasteiger partial charge in [-0.2, -0.15) is 0 Å². The second kappa shape index (κ2) is 7.68. The Kier molecular flexibility index (Phi) is 6.54. The van der Waals surface area contributed by atoms with Gasteiger partial charge in [-0.05, 0) is 36.0 Å². The van der Waals surface area contributed by atoms with Gasteiger partial charge in [0.2, 0.25) is 0 Å². The van der Waals surface area contributed by atoms with E-state index >= 15 is 0 Å². The first kappa shape index (κ1) is 17.0. The number of nitrogens with one attached hydrogen (secondary N) is 1. The molecule has 1 aromatic carbocycles. The maximum absolute atomic E-state index is 6.05. The van der Waals surface area contributed by atoms with Crippen molar-refractivity contribution in [3.05, 3.63) is 29.8 Å². The quantitative estimate of drug-likeness (QED) is 0.754. The van der Waals surface area contributed by atoms with Crippen molar-refractivity contribution in [1.82, 2.24) is 5.32 Å².